The van der Waals surface area contributed by atoms with Crippen molar-refractivity contribution < 1.29 is 50.0 Å². The van der Waals surface area contributed by atoms with Gasteiger partial charge in [0.15, 0.2) is 5.78 Å². The fraction of sp³-hybridized carbons (Fsp3) is 0.381. The molecule has 166 valence electrons. The maximum atomic E-state index is 12.8. The Morgan fingerprint density at radius 2 is 1.61 bits per heavy atom. The molecule has 0 radical (unpaired) electrons. The van der Waals surface area contributed by atoms with Crippen molar-refractivity contribution in [2.24, 2.45) is 0 Å². The van der Waals surface area contributed by atoms with Crippen LogP contribution in [0.15, 0.2) is 30.3 Å². The van der Waals surface area contributed by atoms with Crippen molar-refractivity contribution in [3.63, 3.8) is 0 Å². The van der Waals surface area contributed by atoms with Crippen molar-refractivity contribution in [2.75, 3.05) is 6.61 Å². The van der Waals surface area contributed by atoms with E-state index in [9.17, 15) is 40.5 Å². The highest BCUT2D eigenvalue weighted by atomic mass is 16.5. The van der Waals surface area contributed by atoms with Crippen LogP contribution in [0.1, 0.15) is 40.1 Å². The number of aliphatic hydroxyl groups excluding tert-OH is 4. The summed E-state index contributed by atoms with van der Waals surface area (Å²) >= 11 is 0. The van der Waals surface area contributed by atoms with Crippen LogP contribution < -0.4 is 4.74 Å². The Hall–Kier alpha value is -2.89. The maximum Gasteiger partial charge on any atom is 0.174 e. The Balaban J connectivity index is 1.81. The molecule has 6 atom stereocenters. The van der Waals surface area contributed by atoms with Gasteiger partial charge in [-0.05, 0) is 17.7 Å². The van der Waals surface area contributed by atoms with Crippen molar-refractivity contribution in [1.82, 2.24) is 0 Å². The molecule has 1 saturated heterocycles. The van der Waals surface area contributed by atoms with Crippen LogP contribution >= 0.6 is 0 Å². The van der Waals surface area contributed by atoms with Crippen LogP contribution in [0.5, 0.6) is 23.0 Å². The number of aromatic hydroxyl groups is 3. The number of aliphatic hydroxyl groups is 4. The second kappa shape index (κ2) is 7.98. The molecule has 0 aliphatic carbocycles. The second-order valence-corrected chi connectivity index (χ2v) is 7.61. The fourth-order valence-corrected chi connectivity index (χ4v) is 3.98. The molecule has 2 aliphatic heterocycles. The van der Waals surface area contributed by atoms with E-state index < -0.39 is 60.5 Å². The van der Waals surface area contributed by atoms with Crippen LogP contribution in [0.3, 0.4) is 0 Å². The predicted molar refractivity (Wildman–Crippen MR) is 103 cm³/mol. The average molecular weight is 434 g/mol. The highest BCUT2D eigenvalue weighted by Gasteiger charge is 2.47. The number of carbonyl (C=O) groups is 1. The van der Waals surface area contributed by atoms with Gasteiger partial charge < -0.3 is 45.2 Å². The maximum absolute atomic E-state index is 12.8. The molecule has 10 nitrogen and oxygen atoms in total. The van der Waals surface area contributed by atoms with Crippen LogP contribution in [-0.2, 0) is 4.74 Å². The minimum atomic E-state index is -1.73. The van der Waals surface area contributed by atoms with Gasteiger partial charge in [0.05, 0.1) is 18.6 Å². The van der Waals surface area contributed by atoms with Crippen LogP contribution in [0.4, 0.5) is 0 Å². The average Bonchev–Trinajstić information content (AvgIpc) is 2.73. The van der Waals surface area contributed by atoms with E-state index in [1.807, 2.05) is 0 Å². The van der Waals surface area contributed by atoms with E-state index >= 15 is 0 Å². The number of ether oxygens (including phenoxy) is 2. The molecule has 0 aromatic heterocycles. The summed E-state index contributed by atoms with van der Waals surface area (Å²) < 4.78 is 11.5. The van der Waals surface area contributed by atoms with Crippen LogP contribution in [0, 0.1) is 0 Å². The lowest BCUT2D eigenvalue weighted by Crippen LogP contribution is -2.55. The Kier molecular flexibility index (Phi) is 5.50. The number of rotatable bonds is 3. The Bertz CT molecular complexity index is 987. The van der Waals surface area contributed by atoms with E-state index in [1.54, 1.807) is 12.1 Å². The molecule has 2 aliphatic rings. The third-order valence-corrected chi connectivity index (χ3v) is 5.63. The molecule has 31 heavy (non-hydrogen) atoms. The highest BCUT2D eigenvalue weighted by molar-refractivity contribution is 6.03. The van der Waals surface area contributed by atoms with Gasteiger partial charge >= 0.3 is 0 Å². The summed E-state index contributed by atoms with van der Waals surface area (Å²) in [6.07, 6.45) is -8.75. The molecule has 0 amide bonds. The molecule has 2 aromatic rings. The van der Waals surface area contributed by atoms with Crippen molar-refractivity contribution in [2.45, 2.75) is 43.0 Å². The first-order chi connectivity index (χ1) is 14.7. The summed E-state index contributed by atoms with van der Waals surface area (Å²) in [4.78, 5) is 12.8. The minimum absolute atomic E-state index is 0.0172. The first kappa shape index (κ1) is 21.3. The summed E-state index contributed by atoms with van der Waals surface area (Å²) in [6.45, 7) is -0.682. The molecular weight excluding hydrogens is 412 g/mol. The number of phenolic OH excluding ortho intramolecular Hbond substituents is 3. The number of ketones is 1. The van der Waals surface area contributed by atoms with E-state index in [4.69, 9.17) is 9.47 Å². The van der Waals surface area contributed by atoms with Crippen LogP contribution in [0.2, 0.25) is 0 Å². The first-order valence-electron chi connectivity index (χ1n) is 9.61. The number of phenols is 3. The van der Waals surface area contributed by atoms with Crippen molar-refractivity contribution >= 4 is 5.78 Å². The van der Waals surface area contributed by atoms with E-state index in [1.165, 1.54) is 12.1 Å². The molecule has 1 unspecified atom stereocenters. The molecule has 4 rings (SSSR count). The van der Waals surface area contributed by atoms with Gasteiger partial charge in [-0.3, -0.25) is 4.79 Å². The number of hydrogen-bond donors (Lipinski definition) is 7. The van der Waals surface area contributed by atoms with Gasteiger partial charge in [0.1, 0.15) is 65.2 Å². The lowest BCUT2D eigenvalue weighted by atomic mass is 9.87. The lowest BCUT2D eigenvalue weighted by Gasteiger charge is -2.41. The summed E-state index contributed by atoms with van der Waals surface area (Å²) in [6, 6.07) is 6.83. The minimum Gasteiger partial charge on any atom is -0.508 e. The molecule has 7 N–H and O–H groups in total. The van der Waals surface area contributed by atoms with Gasteiger partial charge in [0.2, 0.25) is 0 Å². The van der Waals surface area contributed by atoms with Crippen molar-refractivity contribution in [3.05, 3.63) is 47.0 Å². The van der Waals surface area contributed by atoms with Crippen molar-refractivity contribution in [3.8, 4) is 23.0 Å². The smallest absolute Gasteiger partial charge is 0.174 e. The third-order valence-electron chi connectivity index (χ3n) is 5.63. The largest absolute Gasteiger partial charge is 0.508 e. The van der Waals surface area contributed by atoms with Gasteiger partial charge in [0.25, 0.3) is 0 Å². The number of fused-ring (bicyclic) bond motifs is 1. The summed E-state index contributed by atoms with van der Waals surface area (Å²) in [7, 11) is 0. The van der Waals surface area contributed by atoms with E-state index in [2.05, 4.69) is 0 Å². The second-order valence-electron chi connectivity index (χ2n) is 7.61. The molecule has 2 heterocycles. The van der Waals surface area contributed by atoms with Gasteiger partial charge in [-0.2, -0.15) is 0 Å². The zero-order chi connectivity index (χ0) is 22.4. The monoisotopic (exact) mass is 434 g/mol. The number of Topliss-reactive ketones (excluding diaryl/α,β-unsaturated/α-hetero) is 1. The fourth-order valence-electron chi connectivity index (χ4n) is 3.98. The molecule has 0 saturated carbocycles. The van der Waals surface area contributed by atoms with Gasteiger partial charge in [-0.15, -0.1) is 0 Å². The quantitative estimate of drug-likeness (QED) is 0.348. The number of benzene rings is 2. The molecule has 1 fully saturated rings. The molecule has 0 bridgehead atoms. The molecular formula is C21H22O10. The number of carbonyl (C=O) groups excluding carboxylic acids is 1. The van der Waals surface area contributed by atoms with Crippen LogP contribution in [-0.4, -0.2) is 72.6 Å². The molecule has 10 heteroatoms. The standard InChI is InChI=1S/C21H22O10/c22-7-14-17(27)18(28)19(29)21(31-14)16-11(25)5-10(24)15-12(26)6-13(30-20(15)16)8-1-3-9(23)4-2-8/h1-5,13-14,17-19,21-25,27-29H,6-7H2/t13?,14-,17-,18+,19-,21+/m1/s1. The summed E-state index contributed by atoms with van der Waals surface area (Å²) in [5, 5.41) is 70.4. The van der Waals surface area contributed by atoms with E-state index in [-0.39, 0.29) is 29.0 Å². The topological polar surface area (TPSA) is 177 Å². The third kappa shape index (κ3) is 3.58. The normalized spacial score (nSPS) is 30.5. The Labute approximate surface area is 176 Å². The molecule has 0 spiro atoms. The predicted octanol–water partition coefficient (Wildman–Crippen LogP) is 0.0248. The van der Waals surface area contributed by atoms with Crippen molar-refractivity contribution in [1.29, 1.82) is 0 Å². The lowest BCUT2D eigenvalue weighted by molar-refractivity contribution is -0.232. The summed E-state index contributed by atoms with van der Waals surface area (Å²) in [5.41, 5.74) is 0.112. The Morgan fingerprint density at radius 3 is 2.26 bits per heavy atom. The van der Waals surface area contributed by atoms with Crippen LogP contribution in [0.25, 0.3) is 0 Å². The van der Waals surface area contributed by atoms with Gasteiger partial charge in [-0.1, -0.05) is 12.1 Å². The number of hydrogen-bond acceptors (Lipinski definition) is 10. The SMILES string of the molecule is O=C1CC(c2ccc(O)cc2)Oc2c1c(O)cc(O)c2[C@@H]1O[C@H](CO)[C@@H](O)[C@H](O)[C@H]1O. The van der Waals surface area contributed by atoms with Gasteiger partial charge in [0, 0.05) is 6.07 Å². The van der Waals surface area contributed by atoms with E-state index in [0.29, 0.717) is 5.56 Å². The zero-order valence-electron chi connectivity index (χ0n) is 16.1. The first-order valence-corrected chi connectivity index (χ1v) is 9.61. The summed E-state index contributed by atoms with van der Waals surface area (Å²) in [5.74, 6) is -1.82. The highest BCUT2D eigenvalue weighted by Crippen LogP contribution is 2.50. The van der Waals surface area contributed by atoms with Gasteiger partial charge in [-0.25, -0.2) is 0 Å². The van der Waals surface area contributed by atoms with E-state index in [0.717, 1.165) is 6.07 Å². The molecule has 2 aromatic carbocycles. The Morgan fingerprint density at radius 1 is 0.935 bits per heavy atom. The zero-order valence-corrected chi connectivity index (χ0v) is 16.1.